The summed E-state index contributed by atoms with van der Waals surface area (Å²) in [7, 11) is 1.53. The number of ether oxygens (including phenoxy) is 2. The fraction of sp³-hybridized carbons (Fsp3) is 0.500. The summed E-state index contributed by atoms with van der Waals surface area (Å²) in [6.07, 6.45) is 2.91. The Morgan fingerprint density at radius 1 is 1.37 bits per heavy atom. The smallest absolute Gasteiger partial charge is 0.342 e. The minimum atomic E-state index is -0.516. The number of β-amino-alcohol motifs (C(OH)–C–C–N with tert-alkyl or cyclic N) is 1. The number of hydrogen-bond acceptors (Lipinski definition) is 6. The Morgan fingerprint density at radius 3 is 2.70 bits per heavy atom. The maximum atomic E-state index is 12.0. The minimum absolute atomic E-state index is 0.0320. The maximum Gasteiger partial charge on any atom is 0.342 e. The lowest BCUT2D eigenvalue weighted by Gasteiger charge is -2.35. The highest BCUT2D eigenvalue weighted by molar-refractivity contribution is 5.98. The molecule has 2 aliphatic rings. The molecule has 0 atom stereocenters. The number of methoxy groups -OCH3 is 1. The topological polar surface area (TPSA) is 96.3 Å². The summed E-state index contributed by atoms with van der Waals surface area (Å²) in [6, 6.07) is 0. The summed E-state index contributed by atoms with van der Waals surface area (Å²) in [5.41, 5.74) is 3.24. The first-order valence-corrected chi connectivity index (χ1v) is 9.03. The Balaban J connectivity index is 1.72. The van der Waals surface area contributed by atoms with Crippen LogP contribution in [-0.4, -0.2) is 53.3 Å². The third-order valence-corrected chi connectivity index (χ3v) is 5.25. The number of rotatable bonds is 6. The van der Waals surface area contributed by atoms with Gasteiger partial charge in [-0.25, -0.2) is 4.79 Å². The Morgan fingerprint density at radius 2 is 2.07 bits per heavy atom. The van der Waals surface area contributed by atoms with Gasteiger partial charge in [0.1, 0.15) is 23.7 Å². The third-order valence-electron chi connectivity index (χ3n) is 5.25. The molecule has 2 heterocycles. The highest BCUT2D eigenvalue weighted by atomic mass is 16.5. The number of aromatic hydroxyl groups is 1. The zero-order valence-electron chi connectivity index (χ0n) is 15.9. The van der Waals surface area contributed by atoms with Crippen LogP contribution >= 0.6 is 0 Å². The molecule has 1 fully saturated rings. The van der Waals surface area contributed by atoms with Crippen LogP contribution < -0.4 is 4.74 Å². The molecule has 2 N–H and O–H groups in total. The van der Waals surface area contributed by atoms with Crippen LogP contribution in [0.2, 0.25) is 0 Å². The second-order valence-corrected chi connectivity index (χ2v) is 7.12. The van der Waals surface area contributed by atoms with E-state index in [1.165, 1.54) is 7.11 Å². The molecule has 1 aromatic carbocycles. The summed E-state index contributed by atoms with van der Waals surface area (Å²) >= 11 is 0. The average Bonchev–Trinajstić information content (AvgIpc) is 3.00. The van der Waals surface area contributed by atoms with Gasteiger partial charge in [-0.1, -0.05) is 11.6 Å². The number of carbonyl (C=O) groups excluding carboxylic acids is 2. The highest BCUT2D eigenvalue weighted by Crippen LogP contribution is 2.42. The van der Waals surface area contributed by atoms with Crippen LogP contribution in [0.4, 0.5) is 0 Å². The van der Waals surface area contributed by atoms with Gasteiger partial charge < -0.3 is 24.6 Å². The fourth-order valence-electron chi connectivity index (χ4n) is 3.53. The predicted molar refractivity (Wildman–Crippen MR) is 97.8 cm³/mol. The third kappa shape index (κ3) is 3.64. The van der Waals surface area contributed by atoms with Crippen LogP contribution in [0.25, 0.3) is 0 Å². The molecule has 1 aromatic rings. The molecule has 0 spiro atoms. The van der Waals surface area contributed by atoms with E-state index in [2.05, 4.69) is 0 Å². The quantitative estimate of drug-likeness (QED) is 0.582. The predicted octanol–water partition coefficient (Wildman–Crippen LogP) is 1.85. The van der Waals surface area contributed by atoms with Crippen molar-refractivity contribution in [3.8, 4) is 11.5 Å². The van der Waals surface area contributed by atoms with Gasteiger partial charge in [0.25, 0.3) is 0 Å². The Kier molecular flexibility index (Phi) is 5.41. The Bertz CT molecular complexity index is 807. The van der Waals surface area contributed by atoms with Crippen molar-refractivity contribution in [2.45, 2.75) is 45.8 Å². The SMILES string of the molecule is COc1c(C)c2c(c(O)c1C/C=C(\C)CCC(=O)N1CC(O)C1)C(=O)OC2. The lowest BCUT2D eigenvalue weighted by molar-refractivity contribution is -0.141. The lowest BCUT2D eigenvalue weighted by Crippen LogP contribution is -2.53. The number of benzene rings is 1. The van der Waals surface area contributed by atoms with Crippen molar-refractivity contribution >= 4 is 11.9 Å². The number of esters is 1. The number of aliphatic hydroxyl groups excluding tert-OH is 1. The Labute approximate surface area is 158 Å². The number of cyclic esters (lactones) is 1. The molecule has 27 heavy (non-hydrogen) atoms. The number of fused-ring (bicyclic) bond motifs is 1. The van der Waals surface area contributed by atoms with Gasteiger partial charge in [0, 0.05) is 30.6 Å². The van der Waals surface area contributed by atoms with Crippen LogP contribution in [-0.2, 0) is 22.6 Å². The summed E-state index contributed by atoms with van der Waals surface area (Å²) < 4.78 is 10.5. The van der Waals surface area contributed by atoms with E-state index in [4.69, 9.17) is 9.47 Å². The number of nitrogens with zero attached hydrogens (tertiary/aromatic N) is 1. The van der Waals surface area contributed by atoms with Crippen LogP contribution in [0, 0.1) is 6.92 Å². The minimum Gasteiger partial charge on any atom is -0.507 e. The zero-order valence-corrected chi connectivity index (χ0v) is 15.9. The summed E-state index contributed by atoms with van der Waals surface area (Å²) in [5, 5.41) is 19.9. The van der Waals surface area contributed by atoms with Crippen molar-refractivity contribution in [1.82, 2.24) is 4.90 Å². The molecule has 146 valence electrons. The van der Waals surface area contributed by atoms with E-state index < -0.39 is 12.1 Å². The van der Waals surface area contributed by atoms with Crippen LogP contribution in [0.5, 0.6) is 11.5 Å². The molecule has 3 rings (SSSR count). The van der Waals surface area contributed by atoms with E-state index in [0.29, 0.717) is 49.2 Å². The number of amides is 1. The maximum absolute atomic E-state index is 12.0. The van der Waals surface area contributed by atoms with Crippen molar-refractivity contribution in [2.24, 2.45) is 0 Å². The molecule has 7 nitrogen and oxygen atoms in total. The number of carbonyl (C=O) groups is 2. The van der Waals surface area contributed by atoms with Crippen molar-refractivity contribution in [1.29, 1.82) is 0 Å². The molecule has 2 aliphatic heterocycles. The van der Waals surface area contributed by atoms with E-state index in [1.807, 2.05) is 19.9 Å². The summed E-state index contributed by atoms with van der Waals surface area (Å²) in [4.78, 5) is 25.6. The normalized spacial score (nSPS) is 16.8. The number of phenols is 1. The number of hydrogen-bond donors (Lipinski definition) is 2. The van der Waals surface area contributed by atoms with Crippen molar-refractivity contribution in [3.63, 3.8) is 0 Å². The lowest BCUT2D eigenvalue weighted by atomic mass is 9.94. The molecule has 0 aromatic heterocycles. The molecule has 0 unspecified atom stereocenters. The van der Waals surface area contributed by atoms with Gasteiger partial charge in [-0.05, 0) is 32.3 Å². The van der Waals surface area contributed by atoms with Crippen LogP contribution in [0.3, 0.4) is 0 Å². The van der Waals surface area contributed by atoms with E-state index >= 15 is 0 Å². The molecular formula is C20H25NO6. The van der Waals surface area contributed by atoms with Gasteiger partial charge in [0.05, 0.1) is 13.2 Å². The molecule has 7 heteroatoms. The van der Waals surface area contributed by atoms with E-state index in [1.54, 1.807) is 4.90 Å². The van der Waals surface area contributed by atoms with Crippen molar-refractivity contribution in [3.05, 3.63) is 33.9 Å². The molecular weight excluding hydrogens is 350 g/mol. The molecule has 1 saturated heterocycles. The largest absolute Gasteiger partial charge is 0.507 e. The van der Waals surface area contributed by atoms with Gasteiger partial charge in [0.15, 0.2) is 0 Å². The Hall–Kier alpha value is -2.54. The average molecular weight is 375 g/mol. The number of phenolic OH excluding ortho intramolecular Hbond substituents is 1. The standard InChI is InChI=1S/C20H25NO6/c1-11(5-7-16(23)21-8-13(22)9-21)4-6-14-18(24)17-15(10-27-20(17)25)12(2)19(14)26-3/h4,13,22,24H,5-10H2,1-3H3/b11-4+. The van der Waals surface area contributed by atoms with Crippen molar-refractivity contribution < 1.29 is 29.3 Å². The second kappa shape index (κ2) is 7.60. The van der Waals surface area contributed by atoms with Crippen LogP contribution in [0.15, 0.2) is 11.6 Å². The first-order chi connectivity index (χ1) is 12.8. The second-order valence-electron chi connectivity index (χ2n) is 7.12. The molecule has 0 aliphatic carbocycles. The summed E-state index contributed by atoms with van der Waals surface area (Å²) in [6.45, 7) is 4.75. The number of allylic oxidation sites excluding steroid dienone is 2. The van der Waals surface area contributed by atoms with Gasteiger partial charge in [-0.3, -0.25) is 4.79 Å². The first-order valence-electron chi connectivity index (χ1n) is 9.03. The van der Waals surface area contributed by atoms with Gasteiger partial charge in [-0.15, -0.1) is 0 Å². The molecule has 0 bridgehead atoms. The fourth-order valence-corrected chi connectivity index (χ4v) is 3.53. The van der Waals surface area contributed by atoms with E-state index in [-0.39, 0.29) is 23.8 Å². The van der Waals surface area contributed by atoms with E-state index in [0.717, 1.165) is 11.1 Å². The zero-order chi connectivity index (χ0) is 19.7. The van der Waals surface area contributed by atoms with Crippen molar-refractivity contribution in [2.75, 3.05) is 20.2 Å². The number of aliphatic hydroxyl groups is 1. The molecule has 0 saturated carbocycles. The molecule has 0 radical (unpaired) electrons. The first kappa shape index (κ1) is 19.2. The molecule has 1 amide bonds. The van der Waals surface area contributed by atoms with E-state index in [9.17, 15) is 19.8 Å². The summed E-state index contributed by atoms with van der Waals surface area (Å²) in [5.74, 6) is -0.0222. The monoisotopic (exact) mass is 375 g/mol. The van der Waals surface area contributed by atoms with Gasteiger partial charge in [-0.2, -0.15) is 0 Å². The van der Waals surface area contributed by atoms with Gasteiger partial charge in [0.2, 0.25) is 5.91 Å². The van der Waals surface area contributed by atoms with Gasteiger partial charge >= 0.3 is 5.97 Å². The van der Waals surface area contributed by atoms with Crippen LogP contribution in [0.1, 0.15) is 46.8 Å². The highest BCUT2D eigenvalue weighted by Gasteiger charge is 2.32. The number of likely N-dealkylation sites (tertiary alicyclic amines) is 1.